The summed E-state index contributed by atoms with van der Waals surface area (Å²) in [4.78, 5) is 24.5. The van der Waals surface area contributed by atoms with E-state index in [0.29, 0.717) is 43.1 Å². The van der Waals surface area contributed by atoms with E-state index in [9.17, 15) is 9.59 Å². The van der Waals surface area contributed by atoms with E-state index < -0.39 is 0 Å². The summed E-state index contributed by atoms with van der Waals surface area (Å²) in [6, 6.07) is 14.0. The molecular formula is C20H26ClN3O3. The van der Waals surface area contributed by atoms with Gasteiger partial charge in [0, 0.05) is 43.1 Å². The second kappa shape index (κ2) is 12.1. The van der Waals surface area contributed by atoms with Crippen molar-refractivity contribution in [3.63, 3.8) is 0 Å². The molecule has 0 saturated heterocycles. The SMILES string of the molecule is CCOCCCNC(=O)c1cccc(NC(=O)c2ccc(CN)cc2)c1.Cl. The molecular weight excluding hydrogens is 366 g/mol. The predicted molar refractivity (Wildman–Crippen MR) is 109 cm³/mol. The number of halogens is 1. The third-order valence-electron chi connectivity index (χ3n) is 3.79. The Morgan fingerprint density at radius 2 is 1.78 bits per heavy atom. The Kier molecular flexibility index (Phi) is 10.1. The fourth-order valence-corrected chi connectivity index (χ4v) is 2.36. The van der Waals surface area contributed by atoms with Gasteiger partial charge in [0.15, 0.2) is 0 Å². The number of hydrogen-bond donors (Lipinski definition) is 3. The van der Waals surface area contributed by atoms with Crippen LogP contribution in [-0.2, 0) is 11.3 Å². The highest BCUT2D eigenvalue weighted by molar-refractivity contribution is 6.05. The molecule has 0 spiro atoms. The third kappa shape index (κ3) is 7.38. The van der Waals surface area contributed by atoms with Crippen molar-refractivity contribution in [1.29, 1.82) is 0 Å². The third-order valence-corrected chi connectivity index (χ3v) is 3.79. The lowest BCUT2D eigenvalue weighted by Gasteiger charge is -2.09. The van der Waals surface area contributed by atoms with Crippen LogP contribution in [0.3, 0.4) is 0 Å². The topological polar surface area (TPSA) is 93.5 Å². The minimum absolute atomic E-state index is 0. The van der Waals surface area contributed by atoms with Crippen molar-refractivity contribution in [3.05, 3.63) is 65.2 Å². The van der Waals surface area contributed by atoms with Crippen LogP contribution in [0.25, 0.3) is 0 Å². The van der Waals surface area contributed by atoms with Gasteiger partial charge in [-0.05, 0) is 49.2 Å². The van der Waals surface area contributed by atoms with Crippen LogP contribution in [0, 0.1) is 0 Å². The summed E-state index contributed by atoms with van der Waals surface area (Å²) in [5.74, 6) is -0.409. The molecule has 0 heterocycles. The molecule has 0 aliphatic rings. The molecule has 0 aliphatic carbocycles. The molecule has 27 heavy (non-hydrogen) atoms. The van der Waals surface area contributed by atoms with Gasteiger partial charge in [0.1, 0.15) is 0 Å². The maximum absolute atomic E-state index is 12.3. The molecule has 0 saturated carbocycles. The number of benzene rings is 2. The summed E-state index contributed by atoms with van der Waals surface area (Å²) in [5.41, 5.74) is 8.12. The molecule has 6 nitrogen and oxygen atoms in total. The van der Waals surface area contributed by atoms with Gasteiger partial charge in [-0.3, -0.25) is 9.59 Å². The lowest BCUT2D eigenvalue weighted by atomic mass is 10.1. The van der Waals surface area contributed by atoms with E-state index in [1.54, 1.807) is 36.4 Å². The molecule has 4 N–H and O–H groups in total. The highest BCUT2D eigenvalue weighted by atomic mass is 35.5. The monoisotopic (exact) mass is 391 g/mol. The lowest BCUT2D eigenvalue weighted by Crippen LogP contribution is -2.25. The Labute approximate surface area is 165 Å². The lowest BCUT2D eigenvalue weighted by molar-refractivity contribution is 0.0943. The van der Waals surface area contributed by atoms with Crippen LogP contribution >= 0.6 is 12.4 Å². The molecule has 2 amide bonds. The zero-order valence-electron chi connectivity index (χ0n) is 15.4. The van der Waals surface area contributed by atoms with Crippen molar-refractivity contribution >= 4 is 29.9 Å². The molecule has 0 aromatic heterocycles. The van der Waals surface area contributed by atoms with E-state index in [2.05, 4.69) is 10.6 Å². The molecule has 0 aliphatic heterocycles. The molecule has 0 fully saturated rings. The first kappa shape index (κ1) is 22.6. The summed E-state index contributed by atoms with van der Waals surface area (Å²) in [6.07, 6.45) is 0.759. The highest BCUT2D eigenvalue weighted by Gasteiger charge is 2.09. The first-order chi connectivity index (χ1) is 12.6. The Bertz CT molecular complexity index is 736. The molecule has 2 aromatic carbocycles. The van der Waals surface area contributed by atoms with Crippen molar-refractivity contribution < 1.29 is 14.3 Å². The van der Waals surface area contributed by atoms with E-state index in [1.165, 1.54) is 0 Å². The molecule has 2 rings (SSSR count). The standard InChI is InChI=1S/C20H25N3O3.ClH/c1-2-26-12-4-11-22-19(24)17-5-3-6-18(13-17)23-20(25)16-9-7-15(14-21)8-10-16;/h3,5-10,13H,2,4,11-12,14,21H2,1H3,(H,22,24)(H,23,25);1H. The molecule has 0 bridgehead atoms. The zero-order valence-corrected chi connectivity index (χ0v) is 16.2. The van der Waals surface area contributed by atoms with E-state index in [1.807, 2.05) is 19.1 Å². The van der Waals surface area contributed by atoms with E-state index >= 15 is 0 Å². The normalized spacial score (nSPS) is 10.0. The van der Waals surface area contributed by atoms with Gasteiger partial charge in [0.05, 0.1) is 0 Å². The molecule has 146 valence electrons. The first-order valence-corrected chi connectivity index (χ1v) is 8.70. The van der Waals surface area contributed by atoms with Gasteiger partial charge in [-0.1, -0.05) is 18.2 Å². The number of rotatable bonds is 9. The van der Waals surface area contributed by atoms with Gasteiger partial charge in [0.2, 0.25) is 0 Å². The van der Waals surface area contributed by atoms with Crippen LogP contribution in [-0.4, -0.2) is 31.6 Å². The number of carbonyl (C=O) groups excluding carboxylic acids is 2. The summed E-state index contributed by atoms with van der Waals surface area (Å²) < 4.78 is 5.23. The van der Waals surface area contributed by atoms with Gasteiger partial charge in [0.25, 0.3) is 11.8 Å². The fraction of sp³-hybridized carbons (Fsp3) is 0.300. The van der Waals surface area contributed by atoms with Crippen molar-refractivity contribution in [2.75, 3.05) is 25.1 Å². The molecule has 0 radical (unpaired) electrons. The van der Waals surface area contributed by atoms with Crippen molar-refractivity contribution in [2.45, 2.75) is 19.9 Å². The van der Waals surface area contributed by atoms with Crippen LogP contribution in [0.4, 0.5) is 5.69 Å². The number of carbonyl (C=O) groups is 2. The summed E-state index contributed by atoms with van der Waals surface area (Å²) in [7, 11) is 0. The number of nitrogens with two attached hydrogens (primary N) is 1. The van der Waals surface area contributed by atoms with Crippen LogP contribution in [0.2, 0.25) is 0 Å². The largest absolute Gasteiger partial charge is 0.382 e. The fourth-order valence-electron chi connectivity index (χ4n) is 2.36. The summed E-state index contributed by atoms with van der Waals surface area (Å²) >= 11 is 0. The van der Waals surface area contributed by atoms with Crippen LogP contribution in [0.1, 0.15) is 39.6 Å². The average Bonchev–Trinajstić information content (AvgIpc) is 2.68. The maximum atomic E-state index is 12.3. The maximum Gasteiger partial charge on any atom is 0.255 e. The van der Waals surface area contributed by atoms with Crippen molar-refractivity contribution in [3.8, 4) is 0 Å². The summed E-state index contributed by atoms with van der Waals surface area (Å²) in [6.45, 7) is 4.21. The van der Waals surface area contributed by atoms with Crippen molar-refractivity contribution in [2.24, 2.45) is 5.73 Å². The van der Waals surface area contributed by atoms with Gasteiger partial charge >= 0.3 is 0 Å². The second-order valence-electron chi connectivity index (χ2n) is 5.74. The zero-order chi connectivity index (χ0) is 18.8. The Morgan fingerprint density at radius 3 is 2.44 bits per heavy atom. The molecule has 2 aromatic rings. The van der Waals surface area contributed by atoms with E-state index in [-0.39, 0.29) is 24.2 Å². The number of hydrogen-bond acceptors (Lipinski definition) is 4. The second-order valence-corrected chi connectivity index (χ2v) is 5.74. The minimum atomic E-state index is -0.233. The number of amides is 2. The van der Waals surface area contributed by atoms with Gasteiger partial charge < -0.3 is 21.1 Å². The van der Waals surface area contributed by atoms with Gasteiger partial charge in [-0.2, -0.15) is 0 Å². The number of ether oxygens (including phenoxy) is 1. The quantitative estimate of drug-likeness (QED) is 0.573. The summed E-state index contributed by atoms with van der Waals surface area (Å²) in [5, 5.41) is 5.64. The van der Waals surface area contributed by atoms with Crippen LogP contribution < -0.4 is 16.4 Å². The minimum Gasteiger partial charge on any atom is -0.382 e. The Hall–Kier alpha value is -2.41. The van der Waals surface area contributed by atoms with Crippen LogP contribution in [0.15, 0.2) is 48.5 Å². The number of anilines is 1. The Morgan fingerprint density at radius 1 is 1.04 bits per heavy atom. The van der Waals surface area contributed by atoms with Gasteiger partial charge in [-0.15, -0.1) is 12.4 Å². The van der Waals surface area contributed by atoms with E-state index in [0.717, 1.165) is 12.0 Å². The van der Waals surface area contributed by atoms with E-state index in [4.69, 9.17) is 10.5 Å². The average molecular weight is 392 g/mol. The highest BCUT2D eigenvalue weighted by Crippen LogP contribution is 2.13. The van der Waals surface area contributed by atoms with Crippen molar-refractivity contribution in [1.82, 2.24) is 5.32 Å². The molecule has 0 atom stereocenters. The Balaban J connectivity index is 0.00000364. The predicted octanol–water partition coefficient (Wildman–Crippen LogP) is 2.98. The number of nitrogens with one attached hydrogen (secondary N) is 2. The first-order valence-electron chi connectivity index (χ1n) is 8.70. The molecule has 0 unspecified atom stereocenters. The molecule has 7 heteroatoms. The smallest absolute Gasteiger partial charge is 0.255 e. The van der Waals surface area contributed by atoms with Gasteiger partial charge in [-0.25, -0.2) is 0 Å². The van der Waals surface area contributed by atoms with Crippen LogP contribution in [0.5, 0.6) is 0 Å².